The zero-order chi connectivity index (χ0) is 9.78. The van der Waals surface area contributed by atoms with E-state index in [0.29, 0.717) is 0 Å². The largest absolute Gasteiger partial charge is 0.401 e. The highest BCUT2D eigenvalue weighted by atomic mass is 35.5. The Kier molecular flexibility index (Phi) is 4.94. The molecule has 0 aliphatic carbocycles. The minimum Gasteiger partial charge on any atom is -0.304 e. The number of alkyl halides is 4. The van der Waals surface area contributed by atoms with Crippen molar-refractivity contribution >= 4 is 11.6 Å². The van der Waals surface area contributed by atoms with Gasteiger partial charge in [-0.3, -0.25) is 0 Å². The molecule has 0 heterocycles. The van der Waals surface area contributed by atoms with Crippen molar-refractivity contribution in [3.8, 4) is 0 Å². The Morgan fingerprint density at radius 2 is 1.83 bits per heavy atom. The summed E-state index contributed by atoms with van der Waals surface area (Å²) in [7, 11) is 0. The van der Waals surface area contributed by atoms with Crippen molar-refractivity contribution in [2.45, 2.75) is 26.1 Å². The summed E-state index contributed by atoms with van der Waals surface area (Å²) in [6, 6.07) is -0.270. The van der Waals surface area contributed by atoms with E-state index >= 15 is 0 Å². The third-order valence-corrected chi connectivity index (χ3v) is 1.87. The Morgan fingerprint density at radius 1 is 1.33 bits per heavy atom. The first-order valence-electron chi connectivity index (χ1n) is 3.73. The van der Waals surface area contributed by atoms with E-state index < -0.39 is 12.7 Å². The molecule has 0 saturated carbocycles. The fraction of sp³-hybridized carbons (Fsp3) is 1.00. The monoisotopic (exact) mass is 203 g/mol. The molecule has 0 aromatic carbocycles. The summed E-state index contributed by atoms with van der Waals surface area (Å²) in [6.45, 7) is 2.69. The highest BCUT2D eigenvalue weighted by molar-refractivity contribution is 6.18. The number of rotatable bonds is 4. The van der Waals surface area contributed by atoms with Gasteiger partial charge in [-0.2, -0.15) is 13.2 Å². The van der Waals surface area contributed by atoms with Gasteiger partial charge in [0.05, 0.1) is 6.54 Å². The first-order chi connectivity index (χ1) is 5.37. The quantitative estimate of drug-likeness (QED) is 0.692. The lowest BCUT2D eigenvalue weighted by Crippen LogP contribution is -2.41. The predicted molar refractivity (Wildman–Crippen MR) is 43.4 cm³/mol. The van der Waals surface area contributed by atoms with Gasteiger partial charge in [-0.1, -0.05) is 13.8 Å². The van der Waals surface area contributed by atoms with Crippen LogP contribution in [0.15, 0.2) is 0 Å². The van der Waals surface area contributed by atoms with Gasteiger partial charge in [0.25, 0.3) is 0 Å². The molecule has 0 aromatic heterocycles. The third kappa shape index (κ3) is 5.66. The van der Waals surface area contributed by atoms with E-state index in [1.165, 1.54) is 0 Å². The van der Waals surface area contributed by atoms with Gasteiger partial charge < -0.3 is 5.32 Å². The summed E-state index contributed by atoms with van der Waals surface area (Å²) in [5.41, 5.74) is 0. The molecule has 0 bridgehead atoms. The molecule has 0 spiro atoms. The van der Waals surface area contributed by atoms with Gasteiger partial charge >= 0.3 is 6.18 Å². The minimum atomic E-state index is -4.15. The zero-order valence-electron chi connectivity index (χ0n) is 7.08. The minimum absolute atomic E-state index is 0.116. The summed E-state index contributed by atoms with van der Waals surface area (Å²) in [4.78, 5) is 0. The average Bonchev–Trinajstić information content (AvgIpc) is 1.85. The molecule has 1 atom stereocenters. The van der Waals surface area contributed by atoms with Gasteiger partial charge in [0.15, 0.2) is 0 Å². The van der Waals surface area contributed by atoms with Crippen molar-refractivity contribution in [2.24, 2.45) is 5.92 Å². The topological polar surface area (TPSA) is 12.0 Å². The van der Waals surface area contributed by atoms with Crippen LogP contribution in [0.4, 0.5) is 13.2 Å². The van der Waals surface area contributed by atoms with Gasteiger partial charge in [-0.15, -0.1) is 11.6 Å². The molecule has 0 amide bonds. The summed E-state index contributed by atoms with van der Waals surface area (Å²) in [6.07, 6.45) is -4.15. The van der Waals surface area contributed by atoms with Gasteiger partial charge in [-0.25, -0.2) is 0 Å². The molecule has 0 saturated heterocycles. The lowest BCUT2D eigenvalue weighted by molar-refractivity contribution is -0.126. The van der Waals surface area contributed by atoms with E-state index in [1.54, 1.807) is 0 Å². The predicted octanol–water partition coefficient (Wildman–Crippen LogP) is 2.40. The van der Waals surface area contributed by atoms with E-state index in [0.717, 1.165) is 0 Å². The summed E-state index contributed by atoms with van der Waals surface area (Å²) in [5.74, 6) is 0.318. The molecule has 5 heteroatoms. The molecule has 1 unspecified atom stereocenters. The molecule has 12 heavy (non-hydrogen) atoms. The molecular formula is C7H13ClF3N. The SMILES string of the molecule is CC(C)C(CCl)NCC(F)(F)F. The molecule has 0 rings (SSSR count). The van der Waals surface area contributed by atoms with E-state index in [1.807, 2.05) is 13.8 Å². The van der Waals surface area contributed by atoms with Gasteiger partial charge in [-0.05, 0) is 5.92 Å². The van der Waals surface area contributed by atoms with Crippen molar-refractivity contribution in [2.75, 3.05) is 12.4 Å². The van der Waals surface area contributed by atoms with Crippen LogP contribution in [0.2, 0.25) is 0 Å². The highest BCUT2D eigenvalue weighted by Gasteiger charge is 2.28. The van der Waals surface area contributed by atoms with Crippen LogP contribution in [-0.4, -0.2) is 24.6 Å². The first-order valence-corrected chi connectivity index (χ1v) is 4.26. The van der Waals surface area contributed by atoms with Crippen molar-refractivity contribution in [1.82, 2.24) is 5.32 Å². The fourth-order valence-corrected chi connectivity index (χ4v) is 1.18. The summed E-state index contributed by atoms with van der Waals surface area (Å²) in [5, 5.41) is 2.35. The van der Waals surface area contributed by atoms with Crippen LogP contribution in [0.5, 0.6) is 0 Å². The number of hydrogen-bond donors (Lipinski definition) is 1. The second kappa shape index (κ2) is 4.92. The number of nitrogens with one attached hydrogen (secondary N) is 1. The number of hydrogen-bond acceptors (Lipinski definition) is 1. The van der Waals surface area contributed by atoms with Crippen molar-refractivity contribution in [3.05, 3.63) is 0 Å². The van der Waals surface area contributed by atoms with E-state index in [9.17, 15) is 13.2 Å². The van der Waals surface area contributed by atoms with Gasteiger partial charge in [0.1, 0.15) is 0 Å². The molecule has 0 aliphatic rings. The van der Waals surface area contributed by atoms with E-state index in [4.69, 9.17) is 11.6 Å². The average molecular weight is 204 g/mol. The smallest absolute Gasteiger partial charge is 0.304 e. The lowest BCUT2D eigenvalue weighted by atomic mass is 10.1. The lowest BCUT2D eigenvalue weighted by Gasteiger charge is -2.20. The van der Waals surface area contributed by atoms with Crippen LogP contribution in [-0.2, 0) is 0 Å². The molecular weight excluding hydrogens is 191 g/mol. The molecule has 0 radical (unpaired) electrons. The van der Waals surface area contributed by atoms with Crippen LogP contribution < -0.4 is 5.32 Å². The van der Waals surface area contributed by atoms with Crippen LogP contribution in [0.25, 0.3) is 0 Å². The Labute approximate surface area is 75.3 Å². The Morgan fingerprint density at radius 3 is 2.08 bits per heavy atom. The third-order valence-electron chi connectivity index (χ3n) is 1.54. The first kappa shape index (κ1) is 12.0. The van der Waals surface area contributed by atoms with Gasteiger partial charge in [0, 0.05) is 11.9 Å². The Bertz CT molecular complexity index is 124. The van der Waals surface area contributed by atoms with Crippen LogP contribution >= 0.6 is 11.6 Å². The van der Waals surface area contributed by atoms with Crippen molar-refractivity contribution < 1.29 is 13.2 Å². The van der Waals surface area contributed by atoms with E-state index in [-0.39, 0.29) is 17.8 Å². The molecule has 1 N–H and O–H groups in total. The van der Waals surface area contributed by atoms with Gasteiger partial charge in [0.2, 0.25) is 0 Å². The van der Waals surface area contributed by atoms with Crippen LogP contribution in [0.1, 0.15) is 13.8 Å². The fourth-order valence-electron chi connectivity index (χ4n) is 0.715. The second-order valence-electron chi connectivity index (χ2n) is 3.00. The highest BCUT2D eigenvalue weighted by Crippen LogP contribution is 2.14. The molecule has 1 nitrogen and oxygen atoms in total. The van der Waals surface area contributed by atoms with Crippen LogP contribution in [0, 0.1) is 5.92 Å². The van der Waals surface area contributed by atoms with Crippen molar-refractivity contribution in [1.29, 1.82) is 0 Å². The molecule has 0 fully saturated rings. The maximum absolute atomic E-state index is 11.7. The molecule has 0 aromatic rings. The standard InChI is InChI=1S/C7H13ClF3N/c1-5(2)6(3-8)12-4-7(9,10)11/h5-6,12H,3-4H2,1-2H3. The van der Waals surface area contributed by atoms with Crippen LogP contribution in [0.3, 0.4) is 0 Å². The van der Waals surface area contributed by atoms with Crippen molar-refractivity contribution in [3.63, 3.8) is 0 Å². The maximum atomic E-state index is 11.7. The molecule has 74 valence electrons. The summed E-state index contributed by atoms with van der Waals surface area (Å²) >= 11 is 5.46. The molecule has 0 aliphatic heterocycles. The second-order valence-corrected chi connectivity index (χ2v) is 3.31. The van der Waals surface area contributed by atoms with E-state index in [2.05, 4.69) is 5.32 Å². The maximum Gasteiger partial charge on any atom is 0.401 e. The summed E-state index contributed by atoms with van der Waals surface area (Å²) < 4.78 is 35.1. The Balaban J connectivity index is 3.73. The normalized spacial score (nSPS) is 15.2. The number of halogens is 4. The Hall–Kier alpha value is 0.0400. The zero-order valence-corrected chi connectivity index (χ0v) is 7.84.